The number of benzene rings is 1. The molecule has 0 aliphatic heterocycles. The number of esters is 1. The highest BCUT2D eigenvalue weighted by Crippen LogP contribution is 2.13. The summed E-state index contributed by atoms with van der Waals surface area (Å²) in [5.41, 5.74) is 6.52. The molecule has 0 aliphatic carbocycles. The highest BCUT2D eigenvalue weighted by Gasteiger charge is 2.11. The Bertz CT molecular complexity index is 364. The highest BCUT2D eigenvalue weighted by atomic mass is 79.9. The summed E-state index contributed by atoms with van der Waals surface area (Å²) in [4.78, 5) is 11.5. The number of ether oxygens (including phenoxy) is 1. The fourth-order valence-electron chi connectivity index (χ4n) is 1.48. The Hall–Kier alpha value is -0.870. The predicted octanol–water partition coefficient (Wildman–Crippen LogP) is 2.87. The molecule has 0 amide bonds. The van der Waals surface area contributed by atoms with Crippen molar-refractivity contribution >= 4 is 21.9 Å². The van der Waals surface area contributed by atoms with Crippen molar-refractivity contribution in [3.63, 3.8) is 0 Å². The highest BCUT2D eigenvalue weighted by molar-refractivity contribution is 9.10. The number of carbonyl (C=O) groups excluding carboxylic acids is 1. The zero-order chi connectivity index (χ0) is 12.7. The van der Waals surface area contributed by atoms with Crippen LogP contribution in [0.5, 0.6) is 0 Å². The van der Waals surface area contributed by atoms with Crippen molar-refractivity contribution in [2.45, 2.75) is 26.4 Å². The number of rotatable bonds is 6. The van der Waals surface area contributed by atoms with E-state index in [1.807, 2.05) is 31.2 Å². The van der Waals surface area contributed by atoms with Crippen molar-refractivity contribution in [3.8, 4) is 0 Å². The third-order valence-corrected chi connectivity index (χ3v) is 3.15. The molecule has 0 saturated carbocycles. The first kappa shape index (κ1) is 14.2. The second kappa shape index (κ2) is 7.45. The van der Waals surface area contributed by atoms with E-state index in [-0.39, 0.29) is 11.9 Å². The molecule has 0 aliphatic rings. The van der Waals surface area contributed by atoms with Crippen molar-refractivity contribution in [2.24, 2.45) is 11.7 Å². The van der Waals surface area contributed by atoms with Gasteiger partial charge >= 0.3 is 5.97 Å². The largest absolute Gasteiger partial charge is 0.461 e. The van der Waals surface area contributed by atoms with Gasteiger partial charge in [-0.25, -0.2) is 0 Å². The van der Waals surface area contributed by atoms with Gasteiger partial charge in [0.2, 0.25) is 0 Å². The van der Waals surface area contributed by atoms with Gasteiger partial charge in [0.1, 0.15) is 6.61 Å². The summed E-state index contributed by atoms with van der Waals surface area (Å²) in [6.45, 7) is 2.88. The maximum absolute atomic E-state index is 11.5. The van der Waals surface area contributed by atoms with Gasteiger partial charge in [-0.1, -0.05) is 41.4 Å². The Labute approximate surface area is 110 Å². The molecule has 94 valence electrons. The molecule has 0 aromatic heterocycles. The molecule has 0 fully saturated rings. The molecule has 0 saturated heterocycles. The van der Waals surface area contributed by atoms with Gasteiger partial charge in [-0.3, -0.25) is 4.79 Å². The Morgan fingerprint density at radius 2 is 2.29 bits per heavy atom. The Morgan fingerprint density at radius 3 is 2.88 bits per heavy atom. The van der Waals surface area contributed by atoms with Crippen LogP contribution in [-0.4, -0.2) is 12.5 Å². The van der Waals surface area contributed by atoms with E-state index in [9.17, 15) is 4.79 Å². The van der Waals surface area contributed by atoms with E-state index in [1.165, 1.54) is 0 Å². The minimum atomic E-state index is -0.178. The minimum Gasteiger partial charge on any atom is -0.461 e. The van der Waals surface area contributed by atoms with E-state index < -0.39 is 0 Å². The van der Waals surface area contributed by atoms with Gasteiger partial charge in [-0.2, -0.15) is 0 Å². The smallest absolute Gasteiger partial charge is 0.306 e. The van der Waals surface area contributed by atoms with Crippen LogP contribution >= 0.6 is 15.9 Å². The number of hydrogen-bond donors (Lipinski definition) is 1. The molecule has 0 spiro atoms. The standard InChI is InChI=1S/C13H18BrNO2/c1-2-10(8-15)7-13(16)17-9-11-4-3-5-12(14)6-11/h3-6,10H,2,7-9,15H2,1H3. The van der Waals surface area contributed by atoms with Gasteiger partial charge in [0.25, 0.3) is 0 Å². The number of halogens is 1. The van der Waals surface area contributed by atoms with Gasteiger partial charge in [-0.15, -0.1) is 0 Å². The molecule has 0 heterocycles. The molecule has 3 nitrogen and oxygen atoms in total. The second-order valence-corrected chi connectivity index (χ2v) is 4.92. The zero-order valence-corrected chi connectivity index (χ0v) is 11.6. The van der Waals surface area contributed by atoms with E-state index in [0.29, 0.717) is 19.6 Å². The molecular weight excluding hydrogens is 282 g/mol. The van der Waals surface area contributed by atoms with Gasteiger partial charge in [0, 0.05) is 10.9 Å². The lowest BCUT2D eigenvalue weighted by molar-refractivity contribution is -0.146. The van der Waals surface area contributed by atoms with E-state index in [4.69, 9.17) is 10.5 Å². The van der Waals surface area contributed by atoms with Gasteiger partial charge < -0.3 is 10.5 Å². The van der Waals surface area contributed by atoms with Crippen LogP contribution in [0.25, 0.3) is 0 Å². The molecule has 1 aromatic rings. The fourth-order valence-corrected chi connectivity index (χ4v) is 1.93. The SMILES string of the molecule is CCC(CN)CC(=O)OCc1cccc(Br)c1. The Morgan fingerprint density at radius 1 is 1.53 bits per heavy atom. The first-order chi connectivity index (χ1) is 8.15. The van der Waals surface area contributed by atoms with E-state index >= 15 is 0 Å². The first-order valence-electron chi connectivity index (χ1n) is 5.75. The maximum Gasteiger partial charge on any atom is 0.306 e. The summed E-state index contributed by atoms with van der Waals surface area (Å²) in [5.74, 6) is 0.0484. The second-order valence-electron chi connectivity index (χ2n) is 4.00. The van der Waals surface area contributed by atoms with Gasteiger partial charge in [0.15, 0.2) is 0 Å². The third kappa shape index (κ3) is 5.33. The van der Waals surface area contributed by atoms with Crippen molar-refractivity contribution in [2.75, 3.05) is 6.54 Å². The van der Waals surface area contributed by atoms with Crippen LogP contribution in [0, 0.1) is 5.92 Å². The molecule has 1 atom stereocenters. The number of carbonyl (C=O) groups is 1. The average molecular weight is 300 g/mol. The summed E-state index contributed by atoms with van der Waals surface area (Å²) in [7, 11) is 0. The summed E-state index contributed by atoms with van der Waals surface area (Å²) in [5, 5.41) is 0. The molecule has 1 rings (SSSR count). The van der Waals surface area contributed by atoms with Crippen molar-refractivity contribution in [1.82, 2.24) is 0 Å². The molecular formula is C13H18BrNO2. The van der Waals surface area contributed by atoms with Crippen LogP contribution in [0.2, 0.25) is 0 Å². The molecule has 0 radical (unpaired) electrons. The first-order valence-corrected chi connectivity index (χ1v) is 6.55. The van der Waals surface area contributed by atoms with Crippen molar-refractivity contribution < 1.29 is 9.53 Å². The maximum atomic E-state index is 11.5. The number of hydrogen-bond acceptors (Lipinski definition) is 3. The van der Waals surface area contributed by atoms with Crippen molar-refractivity contribution in [3.05, 3.63) is 34.3 Å². The Balaban J connectivity index is 2.38. The molecule has 2 N–H and O–H groups in total. The molecule has 1 unspecified atom stereocenters. The molecule has 17 heavy (non-hydrogen) atoms. The third-order valence-electron chi connectivity index (χ3n) is 2.65. The Kier molecular flexibility index (Phi) is 6.22. The quantitative estimate of drug-likeness (QED) is 0.822. The minimum absolute atomic E-state index is 0.178. The predicted molar refractivity (Wildman–Crippen MR) is 71.4 cm³/mol. The normalized spacial score (nSPS) is 12.2. The monoisotopic (exact) mass is 299 g/mol. The van der Waals surface area contributed by atoms with Crippen molar-refractivity contribution in [1.29, 1.82) is 0 Å². The summed E-state index contributed by atoms with van der Waals surface area (Å²) >= 11 is 3.37. The summed E-state index contributed by atoms with van der Waals surface area (Å²) in [6.07, 6.45) is 1.31. The van der Waals surface area contributed by atoms with Crippen LogP contribution in [-0.2, 0) is 16.1 Å². The number of nitrogens with two attached hydrogens (primary N) is 1. The summed E-state index contributed by atoms with van der Waals surface area (Å²) < 4.78 is 6.19. The van der Waals surface area contributed by atoms with Crippen LogP contribution in [0.4, 0.5) is 0 Å². The lowest BCUT2D eigenvalue weighted by Gasteiger charge is -2.11. The zero-order valence-electron chi connectivity index (χ0n) is 9.99. The van der Waals surface area contributed by atoms with Crippen LogP contribution in [0.3, 0.4) is 0 Å². The van der Waals surface area contributed by atoms with E-state index in [0.717, 1.165) is 16.5 Å². The lowest BCUT2D eigenvalue weighted by atomic mass is 10.0. The van der Waals surface area contributed by atoms with E-state index in [1.54, 1.807) is 0 Å². The molecule has 4 heteroatoms. The average Bonchev–Trinajstić information content (AvgIpc) is 2.33. The summed E-state index contributed by atoms with van der Waals surface area (Å²) in [6, 6.07) is 7.72. The topological polar surface area (TPSA) is 52.3 Å². The molecule has 0 bridgehead atoms. The van der Waals surface area contributed by atoms with Crippen LogP contribution in [0.15, 0.2) is 28.7 Å². The van der Waals surface area contributed by atoms with E-state index in [2.05, 4.69) is 15.9 Å². The van der Waals surface area contributed by atoms with Crippen LogP contribution in [0.1, 0.15) is 25.3 Å². The lowest BCUT2D eigenvalue weighted by Crippen LogP contribution is -2.18. The fraction of sp³-hybridized carbons (Fsp3) is 0.462. The van der Waals surface area contributed by atoms with Gasteiger partial charge in [0.05, 0.1) is 0 Å². The van der Waals surface area contributed by atoms with Crippen LogP contribution < -0.4 is 5.73 Å². The molecule has 1 aromatic carbocycles. The van der Waals surface area contributed by atoms with Gasteiger partial charge in [-0.05, 0) is 30.2 Å².